The fourth-order valence-electron chi connectivity index (χ4n) is 0.348. The van der Waals surface area contributed by atoms with Gasteiger partial charge in [-0.15, -0.1) is 0 Å². The Labute approximate surface area is 63.9 Å². The highest BCUT2D eigenvalue weighted by Crippen LogP contribution is 1.83. The summed E-state index contributed by atoms with van der Waals surface area (Å²) < 4.78 is 4.77. The lowest BCUT2D eigenvalue weighted by molar-refractivity contribution is 0.361. The van der Waals surface area contributed by atoms with Crippen molar-refractivity contribution in [2.75, 3.05) is 13.2 Å². The topological polar surface area (TPSA) is 45.1 Å². The van der Waals surface area contributed by atoms with Crippen LogP contribution >= 0.6 is 24.4 Å². The lowest BCUT2D eigenvalue weighted by Gasteiger charge is -1.85. The molecule has 0 unspecified atom stereocenters. The molecule has 0 aromatic carbocycles. The van der Waals surface area contributed by atoms with Crippen LogP contribution in [-0.4, -0.2) is 23.5 Å². The molecule has 50 valence electrons. The summed E-state index contributed by atoms with van der Waals surface area (Å²) in [5.41, 5.74) is 0. The van der Waals surface area contributed by atoms with Crippen molar-refractivity contribution in [3.8, 4) is 0 Å². The molecule has 5 heteroatoms. The molecule has 0 aliphatic carbocycles. The fourth-order valence-corrected chi connectivity index (χ4v) is 0.533. The number of hydrogen-bond acceptors (Lipinski definition) is 4. The van der Waals surface area contributed by atoms with Crippen molar-refractivity contribution in [2.24, 2.45) is 0 Å². The molecule has 0 atom stereocenters. The number of rotatable bonds is 0. The summed E-state index contributed by atoms with van der Waals surface area (Å²) >= 11 is 8.40. The first-order valence-electron chi connectivity index (χ1n) is 2.25. The fraction of sp³-hybridized carbons (Fsp3) is 0.500. The van der Waals surface area contributed by atoms with Gasteiger partial charge in [-0.2, -0.15) is 0 Å². The van der Waals surface area contributed by atoms with Gasteiger partial charge >= 0.3 is 0 Å². The van der Waals surface area contributed by atoms with Gasteiger partial charge in [0.25, 0.3) is 5.17 Å². The van der Waals surface area contributed by atoms with Gasteiger partial charge in [0.2, 0.25) is 0 Å². The van der Waals surface area contributed by atoms with E-state index in [4.69, 9.17) is 10.1 Å². The molecule has 1 saturated heterocycles. The second-order valence-electron chi connectivity index (χ2n) is 1.16. The molecule has 0 bridgehead atoms. The predicted octanol–water partition coefficient (Wildman–Crippen LogP) is 0.559. The molecule has 1 fully saturated rings. The van der Waals surface area contributed by atoms with Crippen molar-refractivity contribution in [2.45, 2.75) is 0 Å². The van der Waals surface area contributed by atoms with Gasteiger partial charge < -0.3 is 10.1 Å². The average molecular weight is 162 g/mol. The van der Waals surface area contributed by atoms with Gasteiger partial charge in [0.15, 0.2) is 0 Å². The summed E-state index contributed by atoms with van der Waals surface area (Å²) in [7, 11) is 0. The molecule has 1 heterocycles. The zero-order valence-corrected chi connectivity index (χ0v) is 6.27. The zero-order chi connectivity index (χ0) is 7.11. The molecule has 0 spiro atoms. The maximum atomic E-state index is 5.77. The standard InChI is InChI=1S/C3H5NOS.CHNS/c6-3-4-1-2-5-3;2-1-3/h1-2H2,(H,4,6);2H. The number of nitrogens with one attached hydrogen (secondary N) is 2. The van der Waals surface area contributed by atoms with Crippen molar-refractivity contribution < 1.29 is 4.74 Å². The van der Waals surface area contributed by atoms with E-state index in [1.165, 1.54) is 0 Å². The van der Waals surface area contributed by atoms with E-state index in [2.05, 4.69) is 29.8 Å². The van der Waals surface area contributed by atoms with E-state index >= 15 is 0 Å². The highest BCUT2D eigenvalue weighted by atomic mass is 32.1. The van der Waals surface area contributed by atoms with Crippen LogP contribution in [0.2, 0.25) is 0 Å². The van der Waals surface area contributed by atoms with Gasteiger partial charge in [-0.05, 0) is 24.4 Å². The third kappa shape index (κ3) is 5.36. The summed E-state index contributed by atoms with van der Waals surface area (Å²) in [5, 5.41) is 10.7. The molecule has 1 aliphatic rings. The Morgan fingerprint density at radius 3 is 2.44 bits per heavy atom. The molecular weight excluding hydrogens is 156 g/mol. The highest BCUT2D eigenvalue weighted by molar-refractivity contribution is 7.80. The SMILES string of the molecule is N=C=S.S=C1NCCO1. The highest BCUT2D eigenvalue weighted by Gasteiger charge is 2.01. The number of ether oxygens (including phenoxy) is 1. The smallest absolute Gasteiger partial charge is 0.256 e. The van der Waals surface area contributed by atoms with Crippen LogP contribution in [0.15, 0.2) is 0 Å². The van der Waals surface area contributed by atoms with Crippen LogP contribution in [0.25, 0.3) is 0 Å². The third-order valence-corrected chi connectivity index (χ3v) is 0.867. The van der Waals surface area contributed by atoms with E-state index < -0.39 is 0 Å². The second-order valence-corrected chi connectivity index (χ2v) is 1.74. The number of hydrogen-bond donors (Lipinski definition) is 2. The molecule has 0 aromatic rings. The van der Waals surface area contributed by atoms with Crippen LogP contribution in [0.1, 0.15) is 0 Å². The molecule has 3 nitrogen and oxygen atoms in total. The molecule has 1 rings (SSSR count). The zero-order valence-electron chi connectivity index (χ0n) is 4.64. The van der Waals surface area contributed by atoms with Crippen molar-refractivity contribution in [3.05, 3.63) is 0 Å². The van der Waals surface area contributed by atoms with Crippen molar-refractivity contribution in [1.29, 1.82) is 5.41 Å². The number of isothiocyanates is 1. The molecule has 0 saturated carbocycles. The van der Waals surface area contributed by atoms with Crippen LogP contribution in [0.5, 0.6) is 0 Å². The molecule has 9 heavy (non-hydrogen) atoms. The van der Waals surface area contributed by atoms with Crippen LogP contribution in [0.3, 0.4) is 0 Å². The molecular formula is C4H6N2OS2. The van der Waals surface area contributed by atoms with Gasteiger partial charge in [0.05, 0.1) is 11.7 Å². The summed E-state index contributed by atoms with van der Waals surface area (Å²) in [4.78, 5) is 0. The Bertz CT molecular complexity index is 123. The lowest BCUT2D eigenvalue weighted by Crippen LogP contribution is -2.11. The van der Waals surface area contributed by atoms with Crippen molar-refractivity contribution >= 4 is 34.8 Å². The molecule has 0 aromatic heterocycles. The first kappa shape index (κ1) is 8.49. The van der Waals surface area contributed by atoms with Crippen LogP contribution < -0.4 is 5.32 Å². The Morgan fingerprint density at radius 2 is 2.33 bits per heavy atom. The Morgan fingerprint density at radius 1 is 1.78 bits per heavy atom. The van der Waals surface area contributed by atoms with Gasteiger partial charge in [0, 0.05) is 0 Å². The first-order chi connectivity index (χ1) is 4.31. The average Bonchev–Trinajstić information content (AvgIpc) is 2.20. The van der Waals surface area contributed by atoms with Gasteiger partial charge in [-0.1, -0.05) is 0 Å². The van der Waals surface area contributed by atoms with Gasteiger partial charge in [0.1, 0.15) is 6.61 Å². The van der Waals surface area contributed by atoms with Crippen molar-refractivity contribution in [3.63, 3.8) is 0 Å². The lowest BCUT2D eigenvalue weighted by atomic mass is 10.7. The van der Waals surface area contributed by atoms with E-state index in [0.29, 0.717) is 5.17 Å². The van der Waals surface area contributed by atoms with E-state index in [-0.39, 0.29) is 0 Å². The van der Waals surface area contributed by atoms with E-state index in [1.807, 2.05) is 0 Å². The summed E-state index contributed by atoms with van der Waals surface area (Å²) in [6, 6.07) is 0. The van der Waals surface area contributed by atoms with E-state index in [1.54, 1.807) is 5.16 Å². The second kappa shape index (κ2) is 5.62. The van der Waals surface area contributed by atoms with Crippen molar-refractivity contribution in [1.82, 2.24) is 5.32 Å². The predicted molar refractivity (Wildman–Crippen MR) is 41.9 cm³/mol. The van der Waals surface area contributed by atoms with Crippen LogP contribution in [0, 0.1) is 5.41 Å². The third-order valence-electron chi connectivity index (χ3n) is 0.605. The number of thiocarbonyl (C=S) groups is 2. The molecule has 1 aliphatic heterocycles. The first-order valence-corrected chi connectivity index (χ1v) is 3.07. The minimum Gasteiger partial charge on any atom is -0.469 e. The molecule has 0 radical (unpaired) electrons. The van der Waals surface area contributed by atoms with Gasteiger partial charge in [-0.3, -0.25) is 0 Å². The van der Waals surface area contributed by atoms with Crippen LogP contribution in [0.4, 0.5) is 0 Å². The van der Waals surface area contributed by atoms with E-state index in [0.717, 1.165) is 13.2 Å². The quantitative estimate of drug-likeness (QED) is 0.403. The Balaban J connectivity index is 0.000000187. The summed E-state index contributed by atoms with van der Waals surface area (Å²) in [6.45, 7) is 1.61. The van der Waals surface area contributed by atoms with Crippen LogP contribution in [-0.2, 0) is 4.74 Å². The minimum atomic E-state index is 0.537. The Hall–Kier alpha value is -0.510. The summed E-state index contributed by atoms with van der Waals surface area (Å²) in [5.74, 6) is 0. The minimum absolute atomic E-state index is 0.537. The van der Waals surface area contributed by atoms with Gasteiger partial charge in [-0.25, -0.2) is 5.41 Å². The van der Waals surface area contributed by atoms with E-state index in [9.17, 15) is 0 Å². The summed E-state index contributed by atoms with van der Waals surface area (Å²) in [6.07, 6.45) is 0. The molecule has 0 amide bonds. The maximum Gasteiger partial charge on any atom is 0.256 e. The molecule has 2 N–H and O–H groups in total. The maximum absolute atomic E-state index is 5.77. The normalized spacial score (nSPS) is 14.0. The Kier molecular flexibility index (Phi) is 5.30. The monoisotopic (exact) mass is 162 g/mol. The largest absolute Gasteiger partial charge is 0.469 e.